The number of aliphatic hydroxyl groups excluding tert-OH is 1. The van der Waals surface area contributed by atoms with Crippen LogP contribution in [0.3, 0.4) is 0 Å². The standard InChI is InChI=1S/C27H31N5O2/c1-20-15-23-18-24(5-6-25(23)29-20)34-27-7-8-28-26(30-27)17-21-3-2-4-22(16-21)19-32-11-9-31(10-12-32)13-14-33/h2-8,15-16,18,29,33H,9-14,17,19H2,1H3. The van der Waals surface area contributed by atoms with E-state index in [0.717, 1.165) is 67.4 Å². The molecule has 1 saturated heterocycles. The van der Waals surface area contributed by atoms with Gasteiger partial charge in [-0.05, 0) is 42.3 Å². The molecular weight excluding hydrogens is 426 g/mol. The molecule has 176 valence electrons. The minimum absolute atomic E-state index is 0.234. The van der Waals surface area contributed by atoms with E-state index in [9.17, 15) is 0 Å². The van der Waals surface area contributed by atoms with E-state index < -0.39 is 0 Å². The van der Waals surface area contributed by atoms with Crippen LogP contribution >= 0.6 is 0 Å². The maximum absolute atomic E-state index is 9.13. The number of rotatable bonds is 8. The maximum atomic E-state index is 9.13. The van der Waals surface area contributed by atoms with Crippen molar-refractivity contribution in [2.75, 3.05) is 39.3 Å². The predicted molar refractivity (Wildman–Crippen MR) is 133 cm³/mol. The molecule has 0 bridgehead atoms. The van der Waals surface area contributed by atoms with Crippen LogP contribution < -0.4 is 4.74 Å². The summed E-state index contributed by atoms with van der Waals surface area (Å²) in [7, 11) is 0. The summed E-state index contributed by atoms with van der Waals surface area (Å²) >= 11 is 0. The van der Waals surface area contributed by atoms with Crippen LogP contribution in [0.15, 0.2) is 60.8 Å². The van der Waals surface area contributed by atoms with Gasteiger partial charge in [-0.1, -0.05) is 24.3 Å². The van der Waals surface area contributed by atoms with Crippen molar-refractivity contribution in [1.29, 1.82) is 0 Å². The van der Waals surface area contributed by atoms with Gasteiger partial charge in [0.15, 0.2) is 0 Å². The van der Waals surface area contributed by atoms with Crippen molar-refractivity contribution in [3.8, 4) is 11.6 Å². The van der Waals surface area contributed by atoms with E-state index in [-0.39, 0.29) is 6.61 Å². The number of piperazine rings is 1. The zero-order valence-corrected chi connectivity index (χ0v) is 19.6. The zero-order valence-electron chi connectivity index (χ0n) is 19.6. The third kappa shape index (κ3) is 5.62. The summed E-state index contributed by atoms with van der Waals surface area (Å²) in [6.45, 7) is 8.07. The first kappa shape index (κ1) is 22.5. The molecule has 0 saturated carbocycles. The van der Waals surface area contributed by atoms with Crippen LogP contribution in [0.2, 0.25) is 0 Å². The first-order chi connectivity index (χ1) is 16.6. The first-order valence-corrected chi connectivity index (χ1v) is 11.9. The molecule has 1 fully saturated rings. The molecule has 34 heavy (non-hydrogen) atoms. The third-order valence-electron chi connectivity index (χ3n) is 6.27. The molecule has 4 aromatic rings. The largest absolute Gasteiger partial charge is 0.439 e. The van der Waals surface area contributed by atoms with Crippen LogP contribution in [0.4, 0.5) is 0 Å². The lowest BCUT2D eigenvalue weighted by Crippen LogP contribution is -2.46. The molecule has 2 N–H and O–H groups in total. The van der Waals surface area contributed by atoms with Gasteiger partial charge in [0.05, 0.1) is 6.61 Å². The third-order valence-corrected chi connectivity index (χ3v) is 6.27. The maximum Gasteiger partial charge on any atom is 0.222 e. The zero-order chi connectivity index (χ0) is 23.3. The molecule has 1 aliphatic heterocycles. The molecule has 2 aromatic heterocycles. The van der Waals surface area contributed by atoms with Crippen molar-refractivity contribution in [2.45, 2.75) is 19.9 Å². The second kappa shape index (κ2) is 10.3. The lowest BCUT2D eigenvalue weighted by molar-refractivity contribution is 0.108. The van der Waals surface area contributed by atoms with Gasteiger partial charge in [0.1, 0.15) is 11.6 Å². The van der Waals surface area contributed by atoms with Crippen molar-refractivity contribution in [2.24, 2.45) is 0 Å². The number of fused-ring (bicyclic) bond motifs is 1. The van der Waals surface area contributed by atoms with E-state index >= 15 is 0 Å². The summed E-state index contributed by atoms with van der Waals surface area (Å²) in [5, 5.41) is 10.2. The van der Waals surface area contributed by atoms with Crippen LogP contribution in [0.5, 0.6) is 11.6 Å². The predicted octanol–water partition coefficient (Wildman–Crippen LogP) is 3.76. The second-order valence-corrected chi connectivity index (χ2v) is 8.95. The Morgan fingerprint density at radius 2 is 1.79 bits per heavy atom. The number of aromatic amines is 1. The lowest BCUT2D eigenvalue weighted by Gasteiger charge is -2.34. The van der Waals surface area contributed by atoms with Crippen LogP contribution in [0.25, 0.3) is 10.9 Å². The Labute approximate surface area is 200 Å². The summed E-state index contributed by atoms with van der Waals surface area (Å²) in [5.41, 5.74) is 4.72. The number of H-pyrrole nitrogens is 1. The average molecular weight is 458 g/mol. The van der Waals surface area contributed by atoms with Crippen molar-refractivity contribution in [3.63, 3.8) is 0 Å². The van der Waals surface area contributed by atoms with Crippen molar-refractivity contribution >= 4 is 10.9 Å². The highest BCUT2D eigenvalue weighted by Gasteiger charge is 2.16. The van der Waals surface area contributed by atoms with Crippen molar-refractivity contribution in [1.82, 2.24) is 24.8 Å². The molecule has 0 amide bonds. The Morgan fingerprint density at radius 3 is 2.65 bits per heavy atom. The molecule has 7 nitrogen and oxygen atoms in total. The summed E-state index contributed by atoms with van der Waals surface area (Å²) in [6, 6.07) is 18.6. The average Bonchev–Trinajstić information content (AvgIpc) is 3.20. The monoisotopic (exact) mass is 457 g/mol. The number of hydrogen-bond acceptors (Lipinski definition) is 6. The molecule has 0 radical (unpaired) electrons. The van der Waals surface area contributed by atoms with Gasteiger partial charge < -0.3 is 14.8 Å². The van der Waals surface area contributed by atoms with E-state index in [1.54, 1.807) is 12.3 Å². The van der Waals surface area contributed by atoms with Gasteiger partial charge in [0.25, 0.3) is 0 Å². The number of nitrogens with zero attached hydrogens (tertiary/aromatic N) is 4. The molecule has 0 atom stereocenters. The molecule has 1 aliphatic rings. The minimum atomic E-state index is 0.234. The number of benzene rings is 2. The first-order valence-electron chi connectivity index (χ1n) is 11.9. The Bertz CT molecular complexity index is 1250. The fraction of sp³-hybridized carbons (Fsp3) is 0.333. The fourth-order valence-electron chi connectivity index (χ4n) is 4.55. The van der Waals surface area contributed by atoms with Gasteiger partial charge in [-0.15, -0.1) is 0 Å². The molecular formula is C27H31N5O2. The summed E-state index contributed by atoms with van der Waals surface area (Å²) < 4.78 is 6.03. The van der Waals surface area contributed by atoms with E-state index in [0.29, 0.717) is 12.3 Å². The van der Waals surface area contributed by atoms with E-state index in [1.165, 1.54) is 11.1 Å². The van der Waals surface area contributed by atoms with E-state index in [1.807, 2.05) is 25.1 Å². The fourth-order valence-corrected chi connectivity index (χ4v) is 4.55. The highest BCUT2D eigenvalue weighted by atomic mass is 16.5. The smallest absolute Gasteiger partial charge is 0.222 e. The molecule has 3 heterocycles. The van der Waals surface area contributed by atoms with Crippen LogP contribution in [-0.4, -0.2) is 69.2 Å². The molecule has 0 unspecified atom stereocenters. The van der Waals surface area contributed by atoms with Crippen molar-refractivity contribution in [3.05, 3.63) is 83.4 Å². The molecule has 5 rings (SSSR count). The Morgan fingerprint density at radius 1 is 0.971 bits per heavy atom. The SMILES string of the molecule is Cc1cc2cc(Oc3ccnc(Cc4cccc(CN5CCN(CCO)CC5)c4)n3)ccc2[nH]1. The van der Waals surface area contributed by atoms with Gasteiger partial charge in [0.2, 0.25) is 5.88 Å². The quantitative estimate of drug-likeness (QED) is 0.420. The Balaban J connectivity index is 1.22. The number of aryl methyl sites for hydroxylation is 1. The number of ether oxygens (including phenoxy) is 1. The molecule has 2 aromatic carbocycles. The van der Waals surface area contributed by atoms with Crippen LogP contribution in [0, 0.1) is 6.92 Å². The number of β-amino-alcohol motifs (C(OH)–C–C–N with tert-alkyl or cyclic N) is 1. The highest BCUT2D eigenvalue weighted by Crippen LogP contribution is 2.25. The van der Waals surface area contributed by atoms with Crippen LogP contribution in [-0.2, 0) is 13.0 Å². The molecule has 7 heteroatoms. The molecule has 0 spiro atoms. The summed E-state index contributed by atoms with van der Waals surface area (Å²) in [6.07, 6.45) is 2.41. The number of aromatic nitrogens is 3. The van der Waals surface area contributed by atoms with Gasteiger partial charge in [0, 0.05) is 74.5 Å². The van der Waals surface area contributed by atoms with E-state index in [4.69, 9.17) is 9.84 Å². The molecule has 0 aliphatic carbocycles. The highest BCUT2D eigenvalue weighted by molar-refractivity contribution is 5.81. The number of hydrogen-bond donors (Lipinski definition) is 2. The summed E-state index contributed by atoms with van der Waals surface area (Å²) in [4.78, 5) is 17.2. The topological polar surface area (TPSA) is 77.5 Å². The van der Waals surface area contributed by atoms with Gasteiger partial charge >= 0.3 is 0 Å². The van der Waals surface area contributed by atoms with Gasteiger partial charge in [-0.2, -0.15) is 4.98 Å². The lowest BCUT2D eigenvalue weighted by atomic mass is 10.1. The Hall–Kier alpha value is -3.26. The van der Waals surface area contributed by atoms with Crippen molar-refractivity contribution < 1.29 is 9.84 Å². The minimum Gasteiger partial charge on any atom is -0.439 e. The normalized spacial score (nSPS) is 15.1. The summed E-state index contributed by atoms with van der Waals surface area (Å²) in [5.74, 6) is 2.05. The van der Waals surface area contributed by atoms with Gasteiger partial charge in [-0.3, -0.25) is 9.80 Å². The van der Waals surface area contributed by atoms with Gasteiger partial charge in [-0.25, -0.2) is 4.98 Å². The van der Waals surface area contributed by atoms with E-state index in [2.05, 4.69) is 55.1 Å². The van der Waals surface area contributed by atoms with Crippen LogP contribution in [0.1, 0.15) is 22.6 Å². The number of nitrogens with one attached hydrogen (secondary N) is 1. The number of aliphatic hydroxyl groups is 1. The Kier molecular flexibility index (Phi) is 6.85. The second-order valence-electron chi connectivity index (χ2n) is 8.95.